The lowest BCUT2D eigenvalue weighted by atomic mass is 9.54. The van der Waals surface area contributed by atoms with E-state index in [0.29, 0.717) is 31.2 Å². The Morgan fingerprint density at radius 2 is 2.14 bits per heavy atom. The van der Waals surface area contributed by atoms with E-state index >= 15 is 0 Å². The van der Waals surface area contributed by atoms with Crippen molar-refractivity contribution in [3.63, 3.8) is 0 Å². The van der Waals surface area contributed by atoms with Crippen LogP contribution in [0.25, 0.3) is 0 Å². The fourth-order valence-electron chi connectivity index (χ4n) is 6.02. The van der Waals surface area contributed by atoms with Crippen LogP contribution >= 0.6 is 24.0 Å². The van der Waals surface area contributed by atoms with Gasteiger partial charge in [0.2, 0.25) is 5.91 Å². The van der Waals surface area contributed by atoms with Gasteiger partial charge in [-0.05, 0) is 19.3 Å². The number of amides is 1. The van der Waals surface area contributed by atoms with Crippen molar-refractivity contribution in [1.82, 2.24) is 20.0 Å². The highest BCUT2D eigenvalue weighted by molar-refractivity contribution is 14.0. The number of carbonyl (C=O) groups excluding carboxylic acids is 1. The van der Waals surface area contributed by atoms with Gasteiger partial charge in [-0.25, -0.2) is 0 Å². The number of halogens is 1. The molecule has 3 unspecified atom stereocenters. The van der Waals surface area contributed by atoms with Gasteiger partial charge in [0.05, 0.1) is 18.0 Å². The van der Waals surface area contributed by atoms with Gasteiger partial charge in [-0.15, -0.1) is 24.0 Å². The van der Waals surface area contributed by atoms with E-state index in [1.54, 1.807) is 10.9 Å². The molecule has 0 radical (unpaired) electrons. The molecule has 3 atom stereocenters. The minimum absolute atomic E-state index is 0. The molecule has 9 heteroatoms. The molecule has 2 aliphatic carbocycles. The number of aromatic nitrogens is 2. The first-order chi connectivity index (χ1) is 13.6. The zero-order chi connectivity index (χ0) is 19.3. The molecule has 5 rings (SSSR count). The quantitative estimate of drug-likeness (QED) is 0.369. The largest absolute Gasteiger partial charge is 0.377 e. The Labute approximate surface area is 189 Å². The van der Waals surface area contributed by atoms with E-state index in [9.17, 15) is 4.79 Å². The number of ether oxygens (including phenoxy) is 1. The van der Waals surface area contributed by atoms with Gasteiger partial charge >= 0.3 is 0 Å². The summed E-state index contributed by atoms with van der Waals surface area (Å²) in [7, 11) is 3.69. The Kier molecular flexibility index (Phi) is 5.80. The lowest BCUT2D eigenvalue weighted by molar-refractivity contribution is -0.126. The van der Waals surface area contributed by atoms with E-state index in [0.717, 1.165) is 31.2 Å². The molecule has 2 aliphatic heterocycles. The molecule has 2 saturated heterocycles. The van der Waals surface area contributed by atoms with E-state index in [-0.39, 0.29) is 35.3 Å². The number of aryl methyl sites for hydroxylation is 1. The van der Waals surface area contributed by atoms with Crippen LogP contribution in [0.1, 0.15) is 32.1 Å². The zero-order valence-electron chi connectivity index (χ0n) is 17.2. The predicted molar refractivity (Wildman–Crippen MR) is 122 cm³/mol. The van der Waals surface area contributed by atoms with Crippen molar-refractivity contribution in [2.45, 2.75) is 44.2 Å². The summed E-state index contributed by atoms with van der Waals surface area (Å²) in [6.45, 7) is 2.65. The molecule has 2 saturated carbocycles. The average molecular weight is 514 g/mol. The summed E-state index contributed by atoms with van der Waals surface area (Å²) in [5, 5.41) is 7.95. The molecule has 1 aromatic rings. The van der Waals surface area contributed by atoms with Gasteiger partial charge in [-0.2, -0.15) is 5.10 Å². The summed E-state index contributed by atoms with van der Waals surface area (Å²) in [5.74, 6) is 1.54. The number of fused-ring (bicyclic) bond motifs is 2. The Morgan fingerprint density at radius 1 is 1.34 bits per heavy atom. The topological polar surface area (TPSA) is 75.0 Å². The summed E-state index contributed by atoms with van der Waals surface area (Å²) in [5.41, 5.74) is 1.14. The Hall–Kier alpha value is -1.36. The second kappa shape index (κ2) is 8.05. The highest BCUT2D eigenvalue weighted by Crippen LogP contribution is 2.60. The summed E-state index contributed by atoms with van der Waals surface area (Å²) in [4.78, 5) is 21.2. The van der Waals surface area contributed by atoms with Crippen molar-refractivity contribution in [3.05, 3.63) is 12.4 Å². The molecule has 1 N–H and O–H groups in total. The minimum Gasteiger partial charge on any atom is -0.377 e. The number of guanidine groups is 1. The van der Waals surface area contributed by atoms with Gasteiger partial charge < -0.3 is 19.9 Å². The van der Waals surface area contributed by atoms with E-state index in [4.69, 9.17) is 4.74 Å². The standard InChI is InChI=1S/C20H30N6O2.HI/c1-21-19(23-17-15-5-10-28-18(15)20(17)6-3-4-7-20)25-8-9-26(16(27)13-25)14-11-22-24(2)12-14;/h11-12,15,17-18H,3-10,13H2,1-2H3,(H,21,23);1H. The smallest absolute Gasteiger partial charge is 0.246 e. The first-order valence-corrected chi connectivity index (χ1v) is 10.5. The number of nitrogens with one attached hydrogen (secondary N) is 1. The van der Waals surface area contributed by atoms with Crippen LogP contribution in [-0.4, -0.2) is 72.0 Å². The number of carbonyl (C=O) groups is 1. The second-order valence-electron chi connectivity index (χ2n) is 8.69. The third kappa shape index (κ3) is 3.34. The summed E-state index contributed by atoms with van der Waals surface area (Å²) in [6, 6.07) is 0.424. The zero-order valence-corrected chi connectivity index (χ0v) is 19.5. The Balaban J connectivity index is 0.00000205. The van der Waals surface area contributed by atoms with Crippen molar-refractivity contribution in [3.8, 4) is 0 Å². The highest BCUT2D eigenvalue weighted by Gasteiger charge is 2.65. The molecule has 4 aliphatic rings. The van der Waals surface area contributed by atoms with Crippen LogP contribution in [-0.2, 0) is 16.6 Å². The van der Waals surface area contributed by atoms with Crippen molar-refractivity contribution in [2.75, 3.05) is 38.2 Å². The van der Waals surface area contributed by atoms with Gasteiger partial charge in [0.25, 0.3) is 0 Å². The van der Waals surface area contributed by atoms with Crippen molar-refractivity contribution >= 4 is 41.5 Å². The number of anilines is 1. The van der Waals surface area contributed by atoms with E-state index < -0.39 is 0 Å². The van der Waals surface area contributed by atoms with Crippen LogP contribution < -0.4 is 10.2 Å². The second-order valence-corrected chi connectivity index (χ2v) is 8.69. The molecule has 1 aromatic heterocycles. The first-order valence-electron chi connectivity index (χ1n) is 10.5. The summed E-state index contributed by atoms with van der Waals surface area (Å²) < 4.78 is 7.83. The van der Waals surface area contributed by atoms with Gasteiger partial charge in [-0.1, -0.05) is 12.8 Å². The fourth-order valence-corrected chi connectivity index (χ4v) is 6.02. The number of hydrogen-bond acceptors (Lipinski definition) is 4. The Bertz CT molecular complexity index is 790. The summed E-state index contributed by atoms with van der Waals surface area (Å²) >= 11 is 0. The third-order valence-corrected chi connectivity index (χ3v) is 7.31. The molecular formula is C20H31IN6O2. The lowest BCUT2D eigenvalue weighted by Crippen LogP contribution is -2.70. The summed E-state index contributed by atoms with van der Waals surface area (Å²) in [6.07, 6.45) is 10.3. The van der Waals surface area contributed by atoms with Gasteiger partial charge in [-0.3, -0.25) is 14.5 Å². The number of rotatable bonds is 2. The van der Waals surface area contributed by atoms with Crippen LogP contribution in [0.5, 0.6) is 0 Å². The number of nitrogens with zero attached hydrogens (tertiary/aromatic N) is 5. The Morgan fingerprint density at radius 3 is 2.79 bits per heavy atom. The molecule has 3 heterocycles. The number of hydrogen-bond donors (Lipinski definition) is 1. The molecule has 29 heavy (non-hydrogen) atoms. The molecule has 8 nitrogen and oxygen atoms in total. The van der Waals surface area contributed by atoms with Gasteiger partial charge in [0.15, 0.2) is 5.96 Å². The van der Waals surface area contributed by atoms with Crippen molar-refractivity contribution in [2.24, 2.45) is 23.4 Å². The van der Waals surface area contributed by atoms with Crippen LogP contribution in [0.15, 0.2) is 17.4 Å². The first kappa shape index (κ1) is 20.9. The highest BCUT2D eigenvalue weighted by atomic mass is 127. The maximum atomic E-state index is 12.8. The SMILES string of the molecule is CN=C(NC1C2CCOC2C12CCCC2)N1CCN(c2cnn(C)c2)C(=O)C1.I. The van der Waals surface area contributed by atoms with Crippen LogP contribution in [0.2, 0.25) is 0 Å². The van der Waals surface area contributed by atoms with Crippen LogP contribution in [0, 0.1) is 11.3 Å². The maximum Gasteiger partial charge on any atom is 0.246 e. The molecule has 0 bridgehead atoms. The van der Waals surface area contributed by atoms with Crippen LogP contribution in [0.3, 0.4) is 0 Å². The third-order valence-electron chi connectivity index (χ3n) is 7.31. The van der Waals surface area contributed by atoms with Crippen molar-refractivity contribution in [1.29, 1.82) is 0 Å². The van der Waals surface area contributed by atoms with Gasteiger partial charge in [0, 0.05) is 57.4 Å². The van der Waals surface area contributed by atoms with Gasteiger partial charge in [0.1, 0.15) is 6.54 Å². The average Bonchev–Trinajstić information content (AvgIpc) is 3.42. The molecule has 0 aromatic carbocycles. The fraction of sp³-hybridized carbons (Fsp3) is 0.750. The molecule has 1 amide bonds. The monoisotopic (exact) mass is 514 g/mol. The minimum atomic E-state index is 0. The van der Waals surface area contributed by atoms with Crippen LogP contribution in [0.4, 0.5) is 5.69 Å². The molecular weight excluding hydrogens is 483 g/mol. The molecule has 4 fully saturated rings. The number of piperazine rings is 1. The van der Waals surface area contributed by atoms with E-state index in [1.165, 1.54) is 25.7 Å². The van der Waals surface area contributed by atoms with Crippen molar-refractivity contribution < 1.29 is 9.53 Å². The molecule has 1 spiro atoms. The predicted octanol–water partition coefficient (Wildman–Crippen LogP) is 1.61. The molecule has 160 valence electrons. The normalized spacial score (nSPS) is 30.9. The number of aliphatic imine (C=N–C) groups is 1. The van der Waals surface area contributed by atoms with E-state index in [2.05, 4.69) is 20.3 Å². The van der Waals surface area contributed by atoms with E-state index in [1.807, 2.05) is 25.2 Å². The maximum absolute atomic E-state index is 12.8. The lowest BCUT2D eigenvalue weighted by Gasteiger charge is -2.57.